The van der Waals surface area contributed by atoms with Crippen LogP contribution in [0.2, 0.25) is 0 Å². The summed E-state index contributed by atoms with van der Waals surface area (Å²) in [5, 5.41) is 3.42. The van der Waals surface area contributed by atoms with Crippen LogP contribution < -0.4 is 5.32 Å². The van der Waals surface area contributed by atoms with Gasteiger partial charge in [0.2, 0.25) is 0 Å². The van der Waals surface area contributed by atoms with Crippen LogP contribution in [-0.2, 0) is 5.41 Å². The molecule has 1 N–H and O–H groups in total. The highest BCUT2D eigenvalue weighted by molar-refractivity contribution is 5.31. The number of nitrogens with zero attached hydrogens (tertiary/aromatic N) is 1. The molecule has 3 rings (SSSR count). The van der Waals surface area contributed by atoms with Crippen LogP contribution in [0.25, 0.3) is 0 Å². The summed E-state index contributed by atoms with van der Waals surface area (Å²) in [6, 6.07) is 6.23. The van der Waals surface area contributed by atoms with Crippen molar-refractivity contribution in [2.45, 2.75) is 11.8 Å². The van der Waals surface area contributed by atoms with E-state index in [2.05, 4.69) is 22.4 Å². The fourth-order valence-corrected chi connectivity index (χ4v) is 2.40. The van der Waals surface area contributed by atoms with Crippen molar-refractivity contribution in [3.05, 3.63) is 30.1 Å². The predicted octanol–water partition coefficient (Wildman–Crippen LogP) is 0.942. The van der Waals surface area contributed by atoms with Crippen molar-refractivity contribution in [2.24, 2.45) is 5.92 Å². The molecule has 0 amide bonds. The number of pyridine rings is 1. The highest BCUT2D eigenvalue weighted by Crippen LogP contribution is 2.55. The largest absolute Gasteiger partial charge is 0.315 e. The van der Waals surface area contributed by atoms with Crippen LogP contribution in [0.15, 0.2) is 24.4 Å². The second-order valence-corrected chi connectivity index (χ2v) is 3.90. The van der Waals surface area contributed by atoms with Crippen LogP contribution in [0, 0.1) is 5.92 Å². The molecular formula is C10H12N2. The minimum atomic E-state index is 0.432. The third kappa shape index (κ3) is 0.707. The fraction of sp³-hybridized carbons (Fsp3) is 0.500. The third-order valence-electron chi connectivity index (χ3n) is 3.24. The molecule has 2 nitrogen and oxygen atoms in total. The summed E-state index contributed by atoms with van der Waals surface area (Å²) in [5.74, 6) is 0.868. The fourth-order valence-electron chi connectivity index (χ4n) is 2.40. The molecule has 1 saturated carbocycles. The lowest BCUT2D eigenvalue weighted by Gasteiger charge is -2.09. The number of hydrogen-bond donors (Lipinski definition) is 1. The zero-order chi connectivity index (χ0) is 8.02. The molecule has 2 heterocycles. The standard InChI is InChI=1S/C10H12N2/c1-2-4-12-9(3-1)10-5-8(10)6-11-7-10/h1-4,8,11H,5-7H2/t8-,10-/m1/s1. The van der Waals surface area contributed by atoms with E-state index in [-0.39, 0.29) is 0 Å². The first-order valence-electron chi connectivity index (χ1n) is 4.54. The SMILES string of the molecule is c1ccc([C@]23CNC[C@H]2C3)nc1. The van der Waals surface area contributed by atoms with E-state index in [0.29, 0.717) is 5.41 Å². The lowest BCUT2D eigenvalue weighted by atomic mass is 10.0. The molecule has 0 spiro atoms. The Morgan fingerprint density at radius 1 is 1.50 bits per heavy atom. The molecule has 0 unspecified atom stereocenters. The topological polar surface area (TPSA) is 24.9 Å². The van der Waals surface area contributed by atoms with Gasteiger partial charge in [0.05, 0.1) is 0 Å². The van der Waals surface area contributed by atoms with E-state index in [1.54, 1.807) is 0 Å². The number of nitrogens with one attached hydrogen (secondary N) is 1. The van der Waals surface area contributed by atoms with Crippen LogP contribution in [0.5, 0.6) is 0 Å². The van der Waals surface area contributed by atoms with Crippen LogP contribution in [-0.4, -0.2) is 18.1 Å². The Morgan fingerprint density at radius 3 is 3.08 bits per heavy atom. The monoisotopic (exact) mass is 160 g/mol. The number of fused-ring (bicyclic) bond motifs is 1. The Hall–Kier alpha value is -0.890. The first kappa shape index (κ1) is 6.61. The molecule has 1 saturated heterocycles. The van der Waals surface area contributed by atoms with Gasteiger partial charge < -0.3 is 5.32 Å². The van der Waals surface area contributed by atoms with Gasteiger partial charge in [0.15, 0.2) is 0 Å². The van der Waals surface area contributed by atoms with Gasteiger partial charge in [-0.25, -0.2) is 0 Å². The molecule has 62 valence electrons. The summed E-state index contributed by atoms with van der Waals surface area (Å²) in [5.41, 5.74) is 1.72. The molecule has 1 aliphatic heterocycles. The van der Waals surface area contributed by atoms with Crippen molar-refractivity contribution in [3.8, 4) is 0 Å². The van der Waals surface area contributed by atoms with E-state index >= 15 is 0 Å². The number of piperidine rings is 1. The Balaban J connectivity index is 2.00. The van der Waals surface area contributed by atoms with Gasteiger partial charge >= 0.3 is 0 Å². The molecular weight excluding hydrogens is 148 g/mol. The van der Waals surface area contributed by atoms with E-state index in [9.17, 15) is 0 Å². The van der Waals surface area contributed by atoms with E-state index in [1.807, 2.05) is 12.3 Å². The van der Waals surface area contributed by atoms with Crippen LogP contribution in [0.1, 0.15) is 12.1 Å². The Kier molecular flexibility index (Phi) is 1.14. The van der Waals surface area contributed by atoms with Crippen molar-refractivity contribution < 1.29 is 0 Å². The molecule has 1 aromatic heterocycles. The van der Waals surface area contributed by atoms with Crippen molar-refractivity contribution >= 4 is 0 Å². The molecule has 2 aliphatic rings. The molecule has 1 aromatic rings. The summed E-state index contributed by atoms with van der Waals surface area (Å²) in [6.07, 6.45) is 3.24. The molecule has 2 atom stereocenters. The lowest BCUT2D eigenvalue weighted by molar-refractivity contribution is 0.657. The van der Waals surface area contributed by atoms with Crippen LogP contribution in [0.4, 0.5) is 0 Å². The molecule has 12 heavy (non-hydrogen) atoms. The van der Waals surface area contributed by atoms with Crippen LogP contribution in [0.3, 0.4) is 0 Å². The summed E-state index contributed by atoms with van der Waals surface area (Å²) >= 11 is 0. The highest BCUT2D eigenvalue weighted by Gasteiger charge is 2.58. The third-order valence-corrected chi connectivity index (χ3v) is 3.24. The number of hydrogen-bond acceptors (Lipinski definition) is 2. The van der Waals surface area contributed by atoms with Gasteiger partial charge in [-0.05, 0) is 31.0 Å². The molecule has 2 heteroatoms. The average molecular weight is 160 g/mol. The summed E-state index contributed by atoms with van der Waals surface area (Å²) in [6.45, 7) is 2.32. The van der Waals surface area contributed by atoms with Crippen molar-refractivity contribution in [1.29, 1.82) is 0 Å². The summed E-state index contributed by atoms with van der Waals surface area (Å²) in [4.78, 5) is 4.43. The Labute approximate surface area is 72.0 Å². The van der Waals surface area contributed by atoms with Gasteiger partial charge in [-0.1, -0.05) is 6.07 Å². The molecule has 0 aromatic carbocycles. The quantitative estimate of drug-likeness (QED) is 0.661. The first-order valence-corrected chi connectivity index (χ1v) is 4.54. The van der Waals surface area contributed by atoms with Gasteiger partial charge in [0.1, 0.15) is 0 Å². The van der Waals surface area contributed by atoms with Gasteiger partial charge in [-0.2, -0.15) is 0 Å². The maximum atomic E-state index is 4.43. The number of rotatable bonds is 1. The Morgan fingerprint density at radius 2 is 2.50 bits per heavy atom. The number of aromatic nitrogens is 1. The van der Waals surface area contributed by atoms with E-state index in [0.717, 1.165) is 12.5 Å². The summed E-state index contributed by atoms with van der Waals surface area (Å²) < 4.78 is 0. The van der Waals surface area contributed by atoms with E-state index in [1.165, 1.54) is 18.7 Å². The van der Waals surface area contributed by atoms with Crippen molar-refractivity contribution in [2.75, 3.05) is 13.1 Å². The highest BCUT2D eigenvalue weighted by atomic mass is 15.0. The molecule has 2 fully saturated rings. The van der Waals surface area contributed by atoms with Gasteiger partial charge in [0.25, 0.3) is 0 Å². The van der Waals surface area contributed by atoms with Crippen molar-refractivity contribution in [3.63, 3.8) is 0 Å². The van der Waals surface area contributed by atoms with Crippen LogP contribution >= 0.6 is 0 Å². The zero-order valence-electron chi connectivity index (χ0n) is 6.96. The van der Waals surface area contributed by atoms with Gasteiger partial charge in [0, 0.05) is 23.9 Å². The van der Waals surface area contributed by atoms with E-state index < -0.39 is 0 Å². The molecule has 0 radical (unpaired) electrons. The van der Waals surface area contributed by atoms with E-state index in [4.69, 9.17) is 0 Å². The smallest absolute Gasteiger partial charge is 0.0481 e. The van der Waals surface area contributed by atoms with Gasteiger partial charge in [-0.15, -0.1) is 0 Å². The second kappa shape index (κ2) is 2.07. The molecule has 1 aliphatic carbocycles. The minimum Gasteiger partial charge on any atom is -0.315 e. The maximum Gasteiger partial charge on any atom is 0.0481 e. The minimum absolute atomic E-state index is 0.432. The van der Waals surface area contributed by atoms with Gasteiger partial charge in [-0.3, -0.25) is 4.98 Å². The summed E-state index contributed by atoms with van der Waals surface area (Å²) in [7, 11) is 0. The normalized spacial score (nSPS) is 37.8. The zero-order valence-corrected chi connectivity index (χ0v) is 6.96. The lowest BCUT2D eigenvalue weighted by Crippen LogP contribution is -2.19. The van der Waals surface area contributed by atoms with Crippen molar-refractivity contribution in [1.82, 2.24) is 10.3 Å². The Bertz CT molecular complexity index is 296. The predicted molar refractivity (Wildman–Crippen MR) is 46.9 cm³/mol. The average Bonchev–Trinajstić information content (AvgIpc) is 2.72. The second-order valence-electron chi connectivity index (χ2n) is 3.90. The maximum absolute atomic E-state index is 4.43. The molecule has 0 bridgehead atoms. The first-order chi connectivity index (χ1) is 5.92.